The fraction of sp³-hybridized carbons (Fsp3) is 0.0870. The number of carbonyl (C=O) groups excluding carboxylic acids is 2. The Bertz CT molecular complexity index is 994. The van der Waals surface area contributed by atoms with Crippen LogP contribution in [0.25, 0.3) is 11.1 Å². The highest BCUT2D eigenvalue weighted by atomic mass is 16.2. The van der Waals surface area contributed by atoms with E-state index in [0.717, 1.165) is 16.7 Å². The van der Waals surface area contributed by atoms with Gasteiger partial charge in [-0.15, -0.1) is 0 Å². The Hall–Kier alpha value is -3.53. The van der Waals surface area contributed by atoms with E-state index >= 15 is 0 Å². The lowest BCUT2D eigenvalue weighted by Gasteiger charge is -2.20. The molecule has 1 heterocycles. The van der Waals surface area contributed by atoms with E-state index in [-0.39, 0.29) is 5.91 Å². The van der Waals surface area contributed by atoms with Crippen molar-refractivity contribution in [1.29, 1.82) is 0 Å². The zero-order chi connectivity index (χ0) is 18.6. The third kappa shape index (κ3) is 3.70. The molecule has 1 unspecified atom stereocenters. The molecule has 0 aliphatic carbocycles. The summed E-state index contributed by atoms with van der Waals surface area (Å²) in [5.41, 5.74) is 4.19. The van der Waals surface area contributed by atoms with Crippen LogP contribution in [-0.2, 0) is 16.0 Å². The zero-order valence-electron chi connectivity index (χ0n) is 14.6. The van der Waals surface area contributed by atoms with Crippen LogP contribution in [0, 0.1) is 0 Å². The van der Waals surface area contributed by atoms with E-state index in [0.29, 0.717) is 17.7 Å². The van der Waals surface area contributed by atoms with Gasteiger partial charge in [0.05, 0.1) is 0 Å². The second-order valence-corrected chi connectivity index (χ2v) is 6.44. The van der Waals surface area contributed by atoms with Crippen LogP contribution >= 0.6 is 0 Å². The average Bonchev–Trinajstić information content (AvgIpc) is 2.72. The van der Waals surface area contributed by atoms with Gasteiger partial charge in [-0.1, -0.05) is 84.9 Å². The quantitative estimate of drug-likeness (QED) is 0.730. The molecule has 1 N–H and O–H groups in total. The third-order valence-corrected chi connectivity index (χ3v) is 4.58. The Kier molecular flexibility index (Phi) is 4.62. The van der Waals surface area contributed by atoms with Crippen molar-refractivity contribution in [2.75, 3.05) is 0 Å². The van der Waals surface area contributed by atoms with E-state index in [1.165, 1.54) is 0 Å². The summed E-state index contributed by atoms with van der Waals surface area (Å²) in [5, 5.41) is 2.44. The molecule has 27 heavy (non-hydrogen) atoms. The first-order valence-electron chi connectivity index (χ1n) is 8.83. The monoisotopic (exact) mass is 354 g/mol. The van der Waals surface area contributed by atoms with Gasteiger partial charge in [0.25, 0.3) is 11.8 Å². The van der Waals surface area contributed by atoms with Gasteiger partial charge in [-0.2, -0.15) is 0 Å². The van der Waals surface area contributed by atoms with E-state index in [4.69, 9.17) is 0 Å². The lowest BCUT2D eigenvalue weighted by molar-refractivity contribution is -0.128. The van der Waals surface area contributed by atoms with Gasteiger partial charge >= 0.3 is 0 Å². The SMILES string of the molecule is O=C1NC(=O)C(Cc2ccccc2)N=C1c1ccc(-c2ccccc2)cc1. The number of hydrogen-bond donors (Lipinski definition) is 1. The summed E-state index contributed by atoms with van der Waals surface area (Å²) in [7, 11) is 0. The predicted octanol–water partition coefficient (Wildman–Crippen LogP) is 3.41. The number of nitrogens with one attached hydrogen (secondary N) is 1. The minimum atomic E-state index is -0.603. The second kappa shape index (κ2) is 7.38. The molecule has 1 aliphatic heterocycles. The normalized spacial score (nSPS) is 16.6. The Morgan fingerprint density at radius 1 is 0.704 bits per heavy atom. The highest BCUT2D eigenvalue weighted by molar-refractivity contribution is 6.48. The summed E-state index contributed by atoms with van der Waals surface area (Å²) >= 11 is 0. The summed E-state index contributed by atoms with van der Waals surface area (Å²) in [6.45, 7) is 0. The van der Waals surface area contributed by atoms with Crippen LogP contribution in [0.2, 0.25) is 0 Å². The molecule has 2 amide bonds. The summed E-state index contributed by atoms with van der Waals surface area (Å²) in [6, 6.07) is 26.8. The van der Waals surface area contributed by atoms with Crippen LogP contribution in [0.5, 0.6) is 0 Å². The number of benzene rings is 3. The first-order chi connectivity index (χ1) is 13.2. The van der Waals surface area contributed by atoms with Crippen molar-refractivity contribution < 1.29 is 9.59 Å². The van der Waals surface area contributed by atoms with Crippen molar-refractivity contribution in [3.05, 3.63) is 96.1 Å². The van der Waals surface area contributed by atoms with Crippen molar-refractivity contribution in [3.63, 3.8) is 0 Å². The minimum Gasteiger partial charge on any atom is -0.289 e. The molecule has 4 rings (SSSR count). The molecule has 4 nitrogen and oxygen atoms in total. The van der Waals surface area contributed by atoms with Crippen molar-refractivity contribution in [3.8, 4) is 11.1 Å². The van der Waals surface area contributed by atoms with Crippen LogP contribution in [0.1, 0.15) is 11.1 Å². The lowest BCUT2D eigenvalue weighted by Crippen LogP contribution is -2.47. The van der Waals surface area contributed by atoms with Crippen LogP contribution in [-0.4, -0.2) is 23.6 Å². The first-order valence-corrected chi connectivity index (χ1v) is 8.83. The van der Waals surface area contributed by atoms with Gasteiger partial charge in [0, 0.05) is 12.0 Å². The maximum Gasteiger partial charge on any atom is 0.276 e. The molecular formula is C23H18N2O2. The van der Waals surface area contributed by atoms with Crippen LogP contribution < -0.4 is 5.32 Å². The zero-order valence-corrected chi connectivity index (χ0v) is 14.6. The van der Waals surface area contributed by atoms with Crippen molar-refractivity contribution in [1.82, 2.24) is 5.32 Å². The maximum atomic E-state index is 12.3. The standard InChI is InChI=1S/C23H18N2O2/c26-22-20(15-16-7-3-1-4-8-16)24-21(23(27)25-22)19-13-11-18(12-14-19)17-9-5-2-6-10-17/h1-14,20H,15H2,(H,25,26,27). The number of rotatable bonds is 4. The van der Waals surface area contributed by atoms with E-state index < -0.39 is 11.9 Å². The molecule has 3 aromatic carbocycles. The predicted molar refractivity (Wildman–Crippen MR) is 105 cm³/mol. The Labute approximate surface area is 157 Å². The smallest absolute Gasteiger partial charge is 0.276 e. The summed E-state index contributed by atoms with van der Waals surface area (Å²) in [5.74, 6) is -0.801. The van der Waals surface area contributed by atoms with Gasteiger partial charge in [0.15, 0.2) is 0 Å². The molecular weight excluding hydrogens is 336 g/mol. The van der Waals surface area contributed by atoms with E-state index in [1.807, 2.05) is 84.9 Å². The van der Waals surface area contributed by atoms with Crippen LogP contribution in [0.15, 0.2) is 89.9 Å². The summed E-state index contributed by atoms with van der Waals surface area (Å²) < 4.78 is 0. The molecule has 0 bridgehead atoms. The Morgan fingerprint density at radius 2 is 1.26 bits per heavy atom. The molecule has 1 atom stereocenters. The minimum absolute atomic E-state index is 0.301. The van der Waals surface area contributed by atoms with Gasteiger partial charge in [0.2, 0.25) is 0 Å². The molecule has 3 aromatic rings. The van der Waals surface area contributed by atoms with Crippen molar-refractivity contribution in [2.24, 2.45) is 4.99 Å². The van der Waals surface area contributed by atoms with E-state index in [1.54, 1.807) is 0 Å². The second-order valence-electron chi connectivity index (χ2n) is 6.44. The molecule has 0 aromatic heterocycles. The fourth-order valence-corrected chi connectivity index (χ4v) is 3.16. The largest absolute Gasteiger partial charge is 0.289 e. The number of hydrogen-bond acceptors (Lipinski definition) is 3. The third-order valence-electron chi connectivity index (χ3n) is 4.58. The van der Waals surface area contributed by atoms with Crippen LogP contribution in [0.3, 0.4) is 0 Å². The average molecular weight is 354 g/mol. The van der Waals surface area contributed by atoms with Crippen LogP contribution in [0.4, 0.5) is 0 Å². The van der Waals surface area contributed by atoms with Crippen molar-refractivity contribution >= 4 is 17.5 Å². The number of imide groups is 1. The number of carbonyl (C=O) groups is 2. The molecule has 0 saturated heterocycles. The summed E-state index contributed by atoms with van der Waals surface area (Å²) in [4.78, 5) is 28.9. The molecule has 132 valence electrons. The van der Waals surface area contributed by atoms with Gasteiger partial charge < -0.3 is 0 Å². The molecule has 0 radical (unpaired) electrons. The molecule has 4 heteroatoms. The van der Waals surface area contributed by atoms with Gasteiger partial charge in [0.1, 0.15) is 11.8 Å². The fourth-order valence-electron chi connectivity index (χ4n) is 3.16. The Morgan fingerprint density at radius 3 is 1.93 bits per heavy atom. The van der Waals surface area contributed by atoms with Gasteiger partial charge in [-0.3, -0.25) is 19.9 Å². The molecule has 0 fully saturated rings. The van der Waals surface area contributed by atoms with Gasteiger partial charge in [-0.25, -0.2) is 0 Å². The maximum absolute atomic E-state index is 12.3. The number of aliphatic imine (C=N–C) groups is 1. The summed E-state index contributed by atoms with van der Waals surface area (Å²) in [6.07, 6.45) is 0.464. The molecule has 0 saturated carbocycles. The van der Waals surface area contributed by atoms with E-state index in [9.17, 15) is 9.59 Å². The van der Waals surface area contributed by atoms with Gasteiger partial charge in [-0.05, 0) is 16.7 Å². The highest BCUT2D eigenvalue weighted by Gasteiger charge is 2.29. The first kappa shape index (κ1) is 16.9. The Balaban J connectivity index is 1.62. The molecule has 0 spiro atoms. The van der Waals surface area contributed by atoms with E-state index in [2.05, 4.69) is 10.3 Å². The molecule has 1 aliphatic rings. The van der Waals surface area contributed by atoms with Crippen molar-refractivity contribution in [2.45, 2.75) is 12.5 Å². The highest BCUT2D eigenvalue weighted by Crippen LogP contribution is 2.20. The lowest BCUT2D eigenvalue weighted by atomic mass is 9.99. The topological polar surface area (TPSA) is 58.5 Å². The number of amides is 2. The number of nitrogens with zero attached hydrogens (tertiary/aromatic N) is 1.